The molecule has 0 fully saturated rings. The third-order valence-corrected chi connectivity index (χ3v) is 1.46. The number of carbonyl (C=O) groups is 1. The number of alkyl halides is 1. The number of carboxylic acids is 1. The van der Waals surface area contributed by atoms with Crippen molar-refractivity contribution in [3.8, 4) is 0 Å². The SMILES string of the molecule is N[C@@](CO)(CCCF)C(=O)O. The topological polar surface area (TPSA) is 83.5 Å². The maximum atomic E-state index is 11.6. The van der Waals surface area contributed by atoms with E-state index in [9.17, 15) is 9.18 Å². The molecule has 11 heavy (non-hydrogen) atoms. The van der Waals surface area contributed by atoms with Crippen molar-refractivity contribution < 1.29 is 19.4 Å². The van der Waals surface area contributed by atoms with Crippen LogP contribution in [0.1, 0.15) is 12.8 Å². The van der Waals surface area contributed by atoms with Gasteiger partial charge in [0.15, 0.2) is 0 Å². The number of hydrogen-bond donors (Lipinski definition) is 3. The van der Waals surface area contributed by atoms with Crippen LogP contribution in [0.3, 0.4) is 0 Å². The van der Waals surface area contributed by atoms with Gasteiger partial charge in [-0.2, -0.15) is 0 Å². The molecule has 5 heteroatoms. The summed E-state index contributed by atoms with van der Waals surface area (Å²) in [4.78, 5) is 10.4. The molecule has 66 valence electrons. The van der Waals surface area contributed by atoms with E-state index in [2.05, 4.69) is 0 Å². The third kappa shape index (κ3) is 2.81. The fourth-order valence-electron chi connectivity index (χ4n) is 0.636. The first-order valence-corrected chi connectivity index (χ1v) is 3.26. The van der Waals surface area contributed by atoms with Gasteiger partial charge in [0.05, 0.1) is 13.3 Å². The highest BCUT2D eigenvalue weighted by atomic mass is 19.1. The lowest BCUT2D eigenvalue weighted by molar-refractivity contribution is -0.145. The molecule has 0 aromatic rings. The molecule has 0 saturated heterocycles. The molecule has 0 aliphatic carbocycles. The second kappa shape index (κ2) is 4.25. The minimum Gasteiger partial charge on any atom is -0.480 e. The van der Waals surface area contributed by atoms with Gasteiger partial charge >= 0.3 is 5.97 Å². The van der Waals surface area contributed by atoms with Crippen molar-refractivity contribution in [2.75, 3.05) is 13.3 Å². The minimum absolute atomic E-state index is 0.0463. The molecule has 4 N–H and O–H groups in total. The summed E-state index contributed by atoms with van der Waals surface area (Å²) in [5.74, 6) is -1.30. The van der Waals surface area contributed by atoms with E-state index in [0.717, 1.165) is 0 Å². The normalized spacial score (nSPS) is 15.9. The van der Waals surface area contributed by atoms with Crippen LogP contribution in [-0.4, -0.2) is 35.0 Å². The molecule has 0 rings (SSSR count). The van der Waals surface area contributed by atoms with E-state index in [0.29, 0.717) is 0 Å². The molecule has 0 aromatic heterocycles. The molecular weight excluding hydrogens is 153 g/mol. The van der Waals surface area contributed by atoms with Crippen LogP contribution in [0.2, 0.25) is 0 Å². The molecule has 0 heterocycles. The van der Waals surface area contributed by atoms with Crippen LogP contribution in [-0.2, 0) is 4.79 Å². The second-order valence-electron chi connectivity index (χ2n) is 2.41. The Hall–Kier alpha value is -0.680. The van der Waals surface area contributed by atoms with Gasteiger partial charge in [-0.05, 0) is 12.8 Å². The van der Waals surface area contributed by atoms with E-state index in [1.807, 2.05) is 0 Å². The Morgan fingerprint density at radius 2 is 2.18 bits per heavy atom. The number of aliphatic carboxylic acids is 1. The molecule has 0 bridgehead atoms. The number of aliphatic hydroxyl groups is 1. The fraction of sp³-hybridized carbons (Fsp3) is 0.833. The molecular formula is C6H12FNO3. The van der Waals surface area contributed by atoms with Crippen LogP contribution >= 0.6 is 0 Å². The van der Waals surface area contributed by atoms with Gasteiger partial charge in [-0.3, -0.25) is 9.18 Å². The lowest BCUT2D eigenvalue weighted by Crippen LogP contribution is -2.51. The van der Waals surface area contributed by atoms with Gasteiger partial charge in [0, 0.05) is 0 Å². The summed E-state index contributed by atoms with van der Waals surface area (Å²) in [5, 5.41) is 17.0. The van der Waals surface area contributed by atoms with Gasteiger partial charge in [-0.15, -0.1) is 0 Å². The maximum absolute atomic E-state index is 11.6. The van der Waals surface area contributed by atoms with E-state index in [4.69, 9.17) is 15.9 Å². The fourth-order valence-corrected chi connectivity index (χ4v) is 0.636. The highest BCUT2D eigenvalue weighted by molar-refractivity contribution is 5.78. The van der Waals surface area contributed by atoms with Crippen molar-refractivity contribution in [3.05, 3.63) is 0 Å². The first-order chi connectivity index (χ1) is 5.06. The van der Waals surface area contributed by atoms with Gasteiger partial charge < -0.3 is 15.9 Å². The Kier molecular flexibility index (Phi) is 3.99. The summed E-state index contributed by atoms with van der Waals surface area (Å²) in [6.45, 7) is -1.28. The summed E-state index contributed by atoms with van der Waals surface area (Å²) >= 11 is 0. The second-order valence-corrected chi connectivity index (χ2v) is 2.41. The van der Waals surface area contributed by atoms with Gasteiger partial charge in [0.25, 0.3) is 0 Å². The molecule has 0 spiro atoms. The quantitative estimate of drug-likeness (QED) is 0.513. The van der Waals surface area contributed by atoms with Crippen molar-refractivity contribution in [2.24, 2.45) is 5.73 Å². The molecule has 0 amide bonds. The number of carboxylic acid groups (broad SMARTS) is 1. The Labute approximate surface area is 63.8 Å². The number of rotatable bonds is 5. The number of halogens is 1. The Balaban J connectivity index is 3.99. The predicted octanol–water partition coefficient (Wildman–Crippen LogP) is -0.490. The third-order valence-electron chi connectivity index (χ3n) is 1.46. The van der Waals surface area contributed by atoms with Crippen molar-refractivity contribution in [2.45, 2.75) is 18.4 Å². The molecule has 0 aliphatic rings. The monoisotopic (exact) mass is 165 g/mol. The zero-order valence-corrected chi connectivity index (χ0v) is 6.09. The van der Waals surface area contributed by atoms with Gasteiger partial charge in [0.1, 0.15) is 5.54 Å². The van der Waals surface area contributed by atoms with Crippen molar-refractivity contribution in [3.63, 3.8) is 0 Å². The molecule has 4 nitrogen and oxygen atoms in total. The molecule has 0 aliphatic heterocycles. The van der Waals surface area contributed by atoms with Crippen LogP contribution in [0.5, 0.6) is 0 Å². The lowest BCUT2D eigenvalue weighted by atomic mass is 9.96. The van der Waals surface area contributed by atoms with E-state index >= 15 is 0 Å². The smallest absolute Gasteiger partial charge is 0.326 e. The predicted molar refractivity (Wildman–Crippen MR) is 36.8 cm³/mol. The summed E-state index contributed by atoms with van der Waals surface area (Å²) in [5.41, 5.74) is 3.54. The molecule has 0 unspecified atom stereocenters. The highest BCUT2D eigenvalue weighted by Gasteiger charge is 2.32. The van der Waals surface area contributed by atoms with Gasteiger partial charge in [0.2, 0.25) is 0 Å². The summed E-state index contributed by atoms with van der Waals surface area (Å²) in [7, 11) is 0. The van der Waals surface area contributed by atoms with Crippen LogP contribution in [0, 0.1) is 0 Å². The molecule has 0 aromatic carbocycles. The van der Waals surface area contributed by atoms with Gasteiger partial charge in [-0.25, -0.2) is 0 Å². The van der Waals surface area contributed by atoms with Crippen LogP contribution in [0.15, 0.2) is 0 Å². The maximum Gasteiger partial charge on any atom is 0.326 e. The number of hydrogen-bond acceptors (Lipinski definition) is 3. The number of aliphatic hydroxyl groups excluding tert-OH is 1. The van der Waals surface area contributed by atoms with Gasteiger partial charge in [-0.1, -0.05) is 0 Å². The summed E-state index contributed by atoms with van der Waals surface area (Å²) in [6.07, 6.45) is 0.0126. The van der Waals surface area contributed by atoms with Crippen molar-refractivity contribution in [1.82, 2.24) is 0 Å². The summed E-state index contributed by atoms with van der Waals surface area (Å²) < 4.78 is 11.6. The van der Waals surface area contributed by atoms with Crippen LogP contribution in [0.4, 0.5) is 4.39 Å². The van der Waals surface area contributed by atoms with E-state index in [1.165, 1.54) is 0 Å². The minimum atomic E-state index is -1.67. The molecule has 0 radical (unpaired) electrons. The van der Waals surface area contributed by atoms with Crippen LogP contribution in [0.25, 0.3) is 0 Å². The van der Waals surface area contributed by atoms with E-state index < -0.39 is 24.8 Å². The lowest BCUT2D eigenvalue weighted by Gasteiger charge is -2.20. The average Bonchev–Trinajstić information content (AvgIpc) is 2.00. The van der Waals surface area contributed by atoms with Crippen LogP contribution < -0.4 is 5.73 Å². The Bertz CT molecular complexity index is 142. The highest BCUT2D eigenvalue weighted by Crippen LogP contribution is 2.08. The standard InChI is InChI=1S/C6H12FNO3/c7-3-1-2-6(8,4-9)5(10)11/h9H,1-4,8H2,(H,10,11)/t6-/m1/s1. The zero-order chi connectivity index (χ0) is 8.91. The summed E-state index contributed by atoms with van der Waals surface area (Å²) in [6, 6.07) is 0. The molecule has 0 saturated carbocycles. The Morgan fingerprint density at radius 3 is 2.45 bits per heavy atom. The first kappa shape index (κ1) is 10.3. The largest absolute Gasteiger partial charge is 0.480 e. The zero-order valence-electron chi connectivity index (χ0n) is 6.09. The van der Waals surface area contributed by atoms with Crippen molar-refractivity contribution in [1.29, 1.82) is 0 Å². The first-order valence-electron chi connectivity index (χ1n) is 3.26. The van der Waals surface area contributed by atoms with E-state index in [1.54, 1.807) is 0 Å². The average molecular weight is 165 g/mol. The molecule has 1 atom stereocenters. The van der Waals surface area contributed by atoms with Crippen molar-refractivity contribution >= 4 is 5.97 Å². The van der Waals surface area contributed by atoms with E-state index in [-0.39, 0.29) is 12.8 Å². The Morgan fingerprint density at radius 1 is 1.64 bits per heavy atom. The number of nitrogens with two attached hydrogens (primary N) is 1.